The van der Waals surface area contributed by atoms with Gasteiger partial charge in [0.05, 0.1) is 4.47 Å². The van der Waals surface area contributed by atoms with Crippen molar-refractivity contribution in [2.45, 2.75) is 12.8 Å². The van der Waals surface area contributed by atoms with Gasteiger partial charge in [-0.2, -0.15) is 0 Å². The summed E-state index contributed by atoms with van der Waals surface area (Å²) < 4.78 is 18.7. The largest absolute Gasteiger partial charge is 0.483 e. The summed E-state index contributed by atoms with van der Waals surface area (Å²) >= 11 is 3.17. The Hall–Kier alpha value is -1.43. The van der Waals surface area contributed by atoms with Gasteiger partial charge in [-0.3, -0.25) is 9.59 Å². The van der Waals surface area contributed by atoms with Gasteiger partial charge in [-0.1, -0.05) is 0 Å². The number of benzene rings is 1. The van der Waals surface area contributed by atoms with Gasteiger partial charge < -0.3 is 9.64 Å². The summed E-state index contributed by atoms with van der Waals surface area (Å²) in [6.07, 6.45) is 0.817. The topological polar surface area (TPSA) is 46.6 Å². The number of amides is 1. The minimum atomic E-state index is -0.375. The molecule has 102 valence electrons. The van der Waals surface area contributed by atoms with Crippen LogP contribution in [0.5, 0.6) is 5.75 Å². The summed E-state index contributed by atoms with van der Waals surface area (Å²) in [6.45, 7) is 0.787. The van der Waals surface area contributed by atoms with Crippen LogP contribution in [-0.4, -0.2) is 36.3 Å². The van der Waals surface area contributed by atoms with Crippen molar-refractivity contribution < 1.29 is 18.7 Å². The third kappa shape index (κ3) is 3.76. The van der Waals surface area contributed by atoms with E-state index in [1.165, 1.54) is 18.2 Å². The van der Waals surface area contributed by atoms with E-state index in [1.54, 1.807) is 4.90 Å². The molecular formula is C13H13BrFNO3. The lowest BCUT2D eigenvalue weighted by Gasteiger charge is -2.26. The van der Waals surface area contributed by atoms with Crippen molar-refractivity contribution in [1.29, 1.82) is 0 Å². The van der Waals surface area contributed by atoms with E-state index in [0.29, 0.717) is 36.2 Å². The maximum absolute atomic E-state index is 12.9. The highest BCUT2D eigenvalue weighted by atomic mass is 79.9. The van der Waals surface area contributed by atoms with E-state index in [0.717, 1.165) is 0 Å². The predicted molar refractivity (Wildman–Crippen MR) is 70.4 cm³/mol. The number of rotatable bonds is 3. The van der Waals surface area contributed by atoms with Crippen molar-refractivity contribution in [3.63, 3.8) is 0 Å². The fourth-order valence-electron chi connectivity index (χ4n) is 1.83. The molecule has 4 nitrogen and oxygen atoms in total. The zero-order valence-electron chi connectivity index (χ0n) is 10.2. The number of carbonyl (C=O) groups excluding carboxylic acids is 2. The van der Waals surface area contributed by atoms with Gasteiger partial charge in [-0.05, 0) is 34.1 Å². The van der Waals surface area contributed by atoms with Crippen molar-refractivity contribution >= 4 is 27.6 Å². The number of hydrogen-bond donors (Lipinski definition) is 0. The summed E-state index contributed by atoms with van der Waals surface area (Å²) in [5.74, 6) is 0.0675. The molecule has 1 saturated heterocycles. The quantitative estimate of drug-likeness (QED) is 0.853. The average Bonchev–Trinajstić information content (AvgIpc) is 2.38. The third-order valence-electron chi connectivity index (χ3n) is 2.92. The second-order valence-corrected chi connectivity index (χ2v) is 5.14. The predicted octanol–water partition coefficient (Wildman–Crippen LogP) is 2.16. The van der Waals surface area contributed by atoms with E-state index < -0.39 is 0 Å². The van der Waals surface area contributed by atoms with E-state index in [-0.39, 0.29) is 24.1 Å². The Kier molecular flexibility index (Phi) is 4.52. The summed E-state index contributed by atoms with van der Waals surface area (Å²) in [7, 11) is 0. The van der Waals surface area contributed by atoms with E-state index >= 15 is 0 Å². The fourth-order valence-corrected chi connectivity index (χ4v) is 2.29. The van der Waals surface area contributed by atoms with E-state index in [9.17, 15) is 14.0 Å². The molecule has 0 saturated carbocycles. The smallest absolute Gasteiger partial charge is 0.260 e. The molecule has 1 aromatic carbocycles. The van der Waals surface area contributed by atoms with E-state index in [4.69, 9.17) is 4.74 Å². The molecular weight excluding hydrogens is 317 g/mol. The molecule has 1 amide bonds. The minimum absolute atomic E-state index is 0.113. The zero-order valence-corrected chi connectivity index (χ0v) is 11.8. The fraction of sp³-hybridized carbons (Fsp3) is 0.385. The summed E-state index contributed by atoms with van der Waals surface area (Å²) in [4.78, 5) is 24.5. The Morgan fingerprint density at radius 1 is 1.37 bits per heavy atom. The molecule has 2 rings (SSSR count). The van der Waals surface area contributed by atoms with Gasteiger partial charge in [0.15, 0.2) is 6.61 Å². The lowest BCUT2D eigenvalue weighted by molar-refractivity contribution is -0.136. The highest BCUT2D eigenvalue weighted by Crippen LogP contribution is 2.25. The van der Waals surface area contributed by atoms with Gasteiger partial charge in [0.2, 0.25) is 0 Å². The number of carbonyl (C=O) groups is 2. The first-order chi connectivity index (χ1) is 9.06. The highest BCUT2D eigenvalue weighted by molar-refractivity contribution is 9.10. The van der Waals surface area contributed by atoms with Crippen LogP contribution in [0.2, 0.25) is 0 Å². The first kappa shape index (κ1) is 14.0. The molecule has 0 bridgehead atoms. The molecule has 0 unspecified atom stereocenters. The normalized spacial score (nSPS) is 15.5. The molecule has 0 N–H and O–H groups in total. The molecule has 1 heterocycles. The second-order valence-electron chi connectivity index (χ2n) is 4.28. The van der Waals surface area contributed by atoms with Crippen LogP contribution in [0.25, 0.3) is 0 Å². The number of ketones is 1. The lowest BCUT2D eigenvalue weighted by Crippen LogP contribution is -2.41. The van der Waals surface area contributed by atoms with Gasteiger partial charge in [-0.25, -0.2) is 4.39 Å². The number of piperidine rings is 1. The number of Topliss-reactive ketones (excluding diaryl/α,β-unsaturated/α-hetero) is 1. The highest BCUT2D eigenvalue weighted by Gasteiger charge is 2.21. The molecule has 0 atom stereocenters. The number of halogens is 2. The Balaban J connectivity index is 1.88. The van der Waals surface area contributed by atoms with Crippen LogP contribution in [0.4, 0.5) is 4.39 Å². The van der Waals surface area contributed by atoms with Crippen molar-refractivity contribution in [3.8, 4) is 5.75 Å². The summed E-state index contributed by atoms with van der Waals surface area (Å²) in [5.41, 5.74) is 0. The van der Waals surface area contributed by atoms with Crippen LogP contribution in [-0.2, 0) is 9.59 Å². The maximum Gasteiger partial charge on any atom is 0.260 e. The first-order valence-electron chi connectivity index (χ1n) is 5.93. The molecule has 0 aliphatic carbocycles. The van der Waals surface area contributed by atoms with Crippen LogP contribution in [0.3, 0.4) is 0 Å². The monoisotopic (exact) mass is 329 g/mol. The van der Waals surface area contributed by atoms with Crippen molar-refractivity contribution in [3.05, 3.63) is 28.5 Å². The van der Waals surface area contributed by atoms with Crippen LogP contribution in [0.1, 0.15) is 12.8 Å². The molecule has 1 aliphatic rings. The minimum Gasteiger partial charge on any atom is -0.483 e. The number of ether oxygens (including phenoxy) is 1. The lowest BCUT2D eigenvalue weighted by atomic mass is 10.1. The molecule has 1 aliphatic heterocycles. The van der Waals surface area contributed by atoms with Gasteiger partial charge in [0.25, 0.3) is 5.91 Å². The van der Waals surface area contributed by atoms with E-state index in [1.807, 2.05) is 0 Å². The summed E-state index contributed by atoms with van der Waals surface area (Å²) in [6, 6.07) is 4.01. The van der Waals surface area contributed by atoms with Gasteiger partial charge in [0.1, 0.15) is 17.3 Å². The van der Waals surface area contributed by atoms with Crippen LogP contribution in [0, 0.1) is 5.82 Å². The standard InChI is InChI=1S/C13H13BrFNO3/c14-11-7-9(15)1-2-12(11)19-8-13(18)16-5-3-10(17)4-6-16/h1-2,7H,3-6,8H2. The summed E-state index contributed by atoms with van der Waals surface area (Å²) in [5, 5.41) is 0. The SMILES string of the molecule is O=C1CCN(C(=O)COc2ccc(F)cc2Br)CC1. The number of hydrogen-bond acceptors (Lipinski definition) is 3. The van der Waals surface area contributed by atoms with E-state index in [2.05, 4.69) is 15.9 Å². The first-order valence-corrected chi connectivity index (χ1v) is 6.73. The second kappa shape index (κ2) is 6.14. The van der Waals surface area contributed by atoms with Gasteiger partial charge in [-0.15, -0.1) is 0 Å². The van der Waals surface area contributed by atoms with Gasteiger partial charge in [0, 0.05) is 25.9 Å². The van der Waals surface area contributed by atoms with Crippen LogP contribution in [0.15, 0.2) is 22.7 Å². The molecule has 0 aromatic heterocycles. The average molecular weight is 330 g/mol. The Morgan fingerprint density at radius 2 is 2.05 bits per heavy atom. The van der Waals surface area contributed by atoms with Crippen LogP contribution >= 0.6 is 15.9 Å². The Morgan fingerprint density at radius 3 is 2.68 bits per heavy atom. The van der Waals surface area contributed by atoms with Crippen LogP contribution < -0.4 is 4.74 Å². The van der Waals surface area contributed by atoms with Crippen molar-refractivity contribution in [1.82, 2.24) is 4.90 Å². The third-order valence-corrected chi connectivity index (χ3v) is 3.54. The Labute approximate surface area is 118 Å². The maximum atomic E-state index is 12.9. The Bertz CT molecular complexity index is 497. The van der Waals surface area contributed by atoms with Gasteiger partial charge >= 0.3 is 0 Å². The number of likely N-dealkylation sites (tertiary alicyclic amines) is 1. The van der Waals surface area contributed by atoms with Crippen molar-refractivity contribution in [2.24, 2.45) is 0 Å². The molecule has 0 radical (unpaired) electrons. The van der Waals surface area contributed by atoms with Crippen molar-refractivity contribution in [2.75, 3.05) is 19.7 Å². The molecule has 1 aromatic rings. The molecule has 6 heteroatoms. The molecule has 1 fully saturated rings. The number of nitrogens with zero attached hydrogens (tertiary/aromatic N) is 1. The molecule has 19 heavy (non-hydrogen) atoms. The zero-order chi connectivity index (χ0) is 13.8. The molecule has 0 spiro atoms.